The van der Waals surface area contributed by atoms with E-state index in [9.17, 15) is 13.7 Å². The normalized spacial score (nSPS) is 20.4. The quantitative estimate of drug-likeness (QED) is 0.155. The molecule has 0 aliphatic rings. The van der Waals surface area contributed by atoms with Gasteiger partial charge in [-0.05, 0) is 105 Å². The molecule has 0 heteroatoms. The molecule has 40 heavy (non-hydrogen) atoms. The van der Waals surface area contributed by atoms with Crippen LogP contribution in [0.3, 0.4) is 0 Å². The van der Waals surface area contributed by atoms with Crippen molar-refractivity contribution in [3.8, 4) is 22.3 Å². The van der Waals surface area contributed by atoms with Crippen LogP contribution >= 0.6 is 0 Å². The Labute approximate surface area is 265 Å². The third-order valence-corrected chi connectivity index (χ3v) is 6.88. The van der Waals surface area contributed by atoms with E-state index in [0.717, 1.165) is 0 Å². The third-order valence-electron chi connectivity index (χ3n) is 6.88. The molecule has 0 heterocycles. The summed E-state index contributed by atoms with van der Waals surface area (Å²) in [6.45, 7) is 0. The van der Waals surface area contributed by atoms with Gasteiger partial charge in [0.15, 0.2) is 0 Å². The van der Waals surface area contributed by atoms with Crippen LogP contribution < -0.4 is 0 Å². The van der Waals surface area contributed by atoms with Gasteiger partial charge in [0.1, 0.15) is 0 Å². The van der Waals surface area contributed by atoms with Gasteiger partial charge in [-0.15, -0.1) is 0 Å². The van der Waals surface area contributed by atoms with Gasteiger partial charge in [-0.3, -0.25) is 0 Å². The molecule has 0 radical (unpaired) electrons. The summed E-state index contributed by atoms with van der Waals surface area (Å²) in [6.07, 6.45) is 0. The van der Waals surface area contributed by atoms with Crippen LogP contribution in [0.15, 0.2) is 145 Å². The zero-order valence-corrected chi connectivity index (χ0v) is 20.0. The number of hydrogen-bond donors (Lipinski definition) is 0. The summed E-state index contributed by atoms with van der Waals surface area (Å²) in [7, 11) is 0. The van der Waals surface area contributed by atoms with Gasteiger partial charge in [0.25, 0.3) is 0 Å². The van der Waals surface area contributed by atoms with Gasteiger partial charge in [-0.1, -0.05) is 127 Å². The largest absolute Gasteiger partial charge is 0.0636 e. The average Bonchev–Trinajstić information content (AvgIpc) is 3.25. The van der Waals surface area contributed by atoms with Crippen LogP contribution in [0.4, 0.5) is 0 Å². The Hall–Kier alpha value is -5.20. The molecule has 0 atom stereocenters. The molecule has 0 nitrogen and oxygen atoms in total. The fourth-order valence-electron chi connectivity index (χ4n) is 5.19. The minimum Gasteiger partial charge on any atom is -0.0622 e. The Balaban J connectivity index is 1.65. The van der Waals surface area contributed by atoms with Crippen molar-refractivity contribution in [1.29, 1.82) is 0 Å². The number of rotatable bonds is 2. The Morgan fingerprint density at radius 2 is 0.950 bits per heavy atom. The highest BCUT2D eigenvalue weighted by atomic mass is 14.2. The van der Waals surface area contributed by atoms with Gasteiger partial charge in [0.2, 0.25) is 0 Å². The van der Waals surface area contributed by atoms with E-state index in [0.29, 0.717) is 0 Å². The second-order valence-electron chi connectivity index (χ2n) is 9.00. The molecule has 9 aromatic carbocycles. The predicted molar refractivity (Wildman–Crippen MR) is 174 cm³/mol. The molecule has 0 amide bonds. The van der Waals surface area contributed by atoms with Gasteiger partial charge in [-0.25, -0.2) is 0 Å². The average molecular weight is 529 g/mol. The van der Waals surface area contributed by atoms with Gasteiger partial charge in [-0.2, -0.15) is 0 Å². The third kappa shape index (κ3) is 3.02. The molecule has 0 aromatic heterocycles. The van der Waals surface area contributed by atoms with Gasteiger partial charge in [0, 0.05) is 0 Å². The lowest BCUT2D eigenvalue weighted by Gasteiger charge is -2.18. The van der Waals surface area contributed by atoms with Crippen LogP contribution in [-0.4, -0.2) is 0 Å². The molecule has 0 saturated carbocycles. The van der Waals surface area contributed by atoms with Crippen molar-refractivity contribution in [2.75, 3.05) is 0 Å². The standard InChI is InChI=1S/C40H24/c1-2-8-25(9-3-1)31-22-29-15-14-27-17-20-35(34-21-18-30(23-31)38(29)39(27)34)40-33-13-7-5-11-28(33)24-37-32-12-6-4-10-26(32)16-19-36(37)40/h1-24H/i1D,2D,3D,4D,5D,6D,7D,8D,9D,10D,11D,12D,13D,14D,15D,16D,17D,18D,19D,20D,21D,22D,23D,24D. The Morgan fingerprint density at radius 1 is 0.325 bits per heavy atom. The SMILES string of the molecule is [2H]c1c([2H])c([2H])c(-c2c([2H])c3c([2H])c([2H])c4c([2H])c([2H])c(-c5c6c([2H])c([2H])c([2H])c([2H])c6c([2H])c6c5c([2H])c([2H])c5c([2H])c([2H])c([2H])c([2H])c56)c5c([2H])c([2H])c(c2[2H])c3c45)c([2H])c1[2H]. The minimum atomic E-state index is -0.891. The number of benzene rings is 9. The lowest BCUT2D eigenvalue weighted by molar-refractivity contribution is 1.66. The maximum Gasteiger partial charge on any atom is 0.0636 e. The van der Waals surface area contributed by atoms with Crippen molar-refractivity contribution >= 4 is 64.6 Å². The summed E-state index contributed by atoms with van der Waals surface area (Å²) in [4.78, 5) is 0. The van der Waals surface area contributed by atoms with Crippen LogP contribution in [0.2, 0.25) is 0 Å². The molecule has 9 rings (SSSR count). The minimum absolute atomic E-state index is 0.354. The van der Waals surface area contributed by atoms with E-state index in [1.807, 2.05) is 0 Å². The zero-order valence-electron chi connectivity index (χ0n) is 44.0. The summed E-state index contributed by atoms with van der Waals surface area (Å²) in [5.41, 5.74) is -2.45. The molecule has 0 fully saturated rings. The molecule has 0 bridgehead atoms. The fraction of sp³-hybridized carbons (Fsp3) is 0. The van der Waals surface area contributed by atoms with E-state index in [4.69, 9.17) is 19.2 Å². The van der Waals surface area contributed by atoms with E-state index < -0.39 is 221 Å². The first-order valence-electron chi connectivity index (χ1n) is 24.0. The van der Waals surface area contributed by atoms with E-state index >= 15 is 0 Å². The molecule has 0 N–H and O–H groups in total. The maximum absolute atomic E-state index is 9.60. The molecule has 0 aliphatic carbocycles. The van der Waals surface area contributed by atoms with E-state index in [1.165, 1.54) is 0 Å². The van der Waals surface area contributed by atoms with Crippen LogP contribution in [-0.2, 0) is 0 Å². The van der Waals surface area contributed by atoms with E-state index in [1.54, 1.807) is 0 Å². The number of fused-ring (bicyclic) bond motifs is 4. The summed E-state index contributed by atoms with van der Waals surface area (Å²) in [6, 6.07) is -19.7. The Morgan fingerprint density at radius 3 is 1.80 bits per heavy atom. The van der Waals surface area contributed by atoms with Crippen LogP contribution in [0.1, 0.15) is 32.9 Å². The highest BCUT2D eigenvalue weighted by molar-refractivity contribution is 6.29. The highest BCUT2D eigenvalue weighted by Gasteiger charge is 2.17. The monoisotopic (exact) mass is 528 g/mol. The lowest BCUT2D eigenvalue weighted by atomic mass is 9.85. The second kappa shape index (κ2) is 8.15. The summed E-state index contributed by atoms with van der Waals surface area (Å²) in [5, 5.41) is -5.97. The van der Waals surface area contributed by atoms with Crippen LogP contribution in [0, 0.1) is 0 Å². The lowest BCUT2D eigenvalue weighted by Crippen LogP contribution is -1.91. The molecule has 0 spiro atoms. The Kier molecular flexibility index (Phi) is 1.82. The van der Waals surface area contributed by atoms with Crippen LogP contribution in [0.5, 0.6) is 0 Å². The first kappa shape index (κ1) is 8.91. The smallest absolute Gasteiger partial charge is 0.0622 e. The fourth-order valence-corrected chi connectivity index (χ4v) is 5.19. The molecule has 0 aliphatic heterocycles. The number of hydrogen-bond acceptors (Lipinski definition) is 0. The van der Waals surface area contributed by atoms with Crippen LogP contribution in [0.25, 0.3) is 86.9 Å². The molecular formula is C40H24. The van der Waals surface area contributed by atoms with Gasteiger partial charge < -0.3 is 0 Å². The summed E-state index contributed by atoms with van der Waals surface area (Å²) >= 11 is 0. The first-order chi connectivity index (χ1) is 29.9. The summed E-state index contributed by atoms with van der Waals surface area (Å²) in [5.74, 6) is 0. The maximum atomic E-state index is 9.60. The molecule has 0 unspecified atom stereocenters. The molecule has 9 aromatic rings. The van der Waals surface area contributed by atoms with Crippen molar-refractivity contribution in [1.82, 2.24) is 0 Å². The predicted octanol–water partition coefficient (Wildman–Crippen LogP) is 11.4. The second-order valence-corrected chi connectivity index (χ2v) is 9.00. The van der Waals surface area contributed by atoms with Crippen molar-refractivity contribution in [3.05, 3.63) is 145 Å². The highest BCUT2D eigenvalue weighted by Crippen LogP contribution is 2.45. The first-order valence-corrected chi connectivity index (χ1v) is 12.0. The van der Waals surface area contributed by atoms with E-state index in [-0.39, 0.29) is 10.8 Å². The van der Waals surface area contributed by atoms with Crippen molar-refractivity contribution in [3.63, 3.8) is 0 Å². The Bertz CT molecular complexity index is 3710. The van der Waals surface area contributed by atoms with E-state index in [2.05, 4.69) is 0 Å². The molecule has 184 valence electrons. The van der Waals surface area contributed by atoms with Crippen molar-refractivity contribution in [2.24, 2.45) is 0 Å². The summed E-state index contributed by atoms with van der Waals surface area (Å²) < 4.78 is 215. The van der Waals surface area contributed by atoms with Crippen molar-refractivity contribution in [2.45, 2.75) is 0 Å². The molecule has 0 saturated heterocycles. The zero-order chi connectivity index (χ0) is 47.1. The molecular weight excluding hydrogens is 480 g/mol. The topological polar surface area (TPSA) is 0 Å². The van der Waals surface area contributed by atoms with Crippen molar-refractivity contribution < 1.29 is 32.9 Å². The van der Waals surface area contributed by atoms with Gasteiger partial charge in [0.05, 0.1) is 32.9 Å². The van der Waals surface area contributed by atoms with Gasteiger partial charge >= 0.3 is 0 Å².